The standard InChI is InChI=1S/C20H29N5O/c1-5-7-10-18(16-24(3)15-17-9-8-12-21-14-17)26-20-22-13-11-19(23-20)25(4)6-2/h5,8-9,11-14,18H,1,6-7,10,15-16H2,2-4H3/t18-/m1/s1. The van der Waals surface area contributed by atoms with E-state index < -0.39 is 0 Å². The summed E-state index contributed by atoms with van der Waals surface area (Å²) < 4.78 is 6.11. The molecule has 2 rings (SSSR count). The van der Waals surface area contributed by atoms with Crippen LogP contribution in [0.4, 0.5) is 5.82 Å². The van der Waals surface area contributed by atoms with Gasteiger partial charge in [0.2, 0.25) is 0 Å². The largest absolute Gasteiger partial charge is 0.459 e. The van der Waals surface area contributed by atoms with Crippen LogP contribution in [0.5, 0.6) is 6.01 Å². The second kappa shape index (κ2) is 10.5. The first-order chi connectivity index (χ1) is 12.6. The van der Waals surface area contributed by atoms with Gasteiger partial charge in [-0.2, -0.15) is 4.98 Å². The van der Waals surface area contributed by atoms with Gasteiger partial charge in [-0.1, -0.05) is 12.1 Å². The predicted molar refractivity (Wildman–Crippen MR) is 105 cm³/mol. The number of pyridine rings is 1. The van der Waals surface area contributed by atoms with E-state index in [1.807, 2.05) is 31.5 Å². The predicted octanol–water partition coefficient (Wildman–Crippen LogP) is 3.17. The van der Waals surface area contributed by atoms with Crippen LogP contribution in [0.25, 0.3) is 0 Å². The molecule has 0 saturated carbocycles. The Morgan fingerprint density at radius 3 is 2.81 bits per heavy atom. The molecule has 26 heavy (non-hydrogen) atoms. The van der Waals surface area contributed by atoms with Gasteiger partial charge < -0.3 is 9.64 Å². The van der Waals surface area contributed by atoms with Gasteiger partial charge in [-0.3, -0.25) is 9.88 Å². The average molecular weight is 355 g/mol. The molecule has 0 aromatic carbocycles. The highest BCUT2D eigenvalue weighted by Crippen LogP contribution is 2.15. The van der Waals surface area contributed by atoms with Gasteiger partial charge in [-0.15, -0.1) is 6.58 Å². The number of hydrogen-bond donors (Lipinski definition) is 0. The number of rotatable bonds is 11. The summed E-state index contributed by atoms with van der Waals surface area (Å²) in [4.78, 5) is 17.3. The molecule has 2 aromatic heterocycles. The molecule has 0 saturated heterocycles. The van der Waals surface area contributed by atoms with Crippen LogP contribution in [-0.2, 0) is 6.54 Å². The lowest BCUT2D eigenvalue weighted by molar-refractivity contribution is 0.126. The van der Waals surface area contributed by atoms with E-state index in [1.54, 1.807) is 12.4 Å². The fraction of sp³-hybridized carbons (Fsp3) is 0.450. The molecule has 2 aromatic rings. The molecular weight excluding hydrogens is 326 g/mol. The minimum absolute atomic E-state index is 0.00291. The molecule has 0 amide bonds. The Balaban J connectivity index is 2.01. The number of hydrogen-bond acceptors (Lipinski definition) is 6. The molecule has 0 aliphatic rings. The number of aromatic nitrogens is 3. The normalized spacial score (nSPS) is 12.0. The molecular formula is C20H29N5O. The van der Waals surface area contributed by atoms with E-state index in [1.165, 1.54) is 5.56 Å². The van der Waals surface area contributed by atoms with Crippen molar-refractivity contribution in [2.24, 2.45) is 0 Å². The number of ether oxygens (including phenoxy) is 1. The van der Waals surface area contributed by atoms with E-state index in [0.717, 1.165) is 38.3 Å². The minimum atomic E-state index is -0.00291. The SMILES string of the molecule is C=CCC[C@H](CN(C)Cc1cccnc1)Oc1nccc(N(C)CC)n1. The Hall–Kier alpha value is -2.47. The van der Waals surface area contributed by atoms with Crippen molar-refractivity contribution in [3.8, 4) is 6.01 Å². The van der Waals surface area contributed by atoms with Crippen molar-refractivity contribution in [2.45, 2.75) is 32.4 Å². The Kier molecular flexibility index (Phi) is 8.02. The van der Waals surface area contributed by atoms with Crippen LogP contribution in [0.1, 0.15) is 25.3 Å². The van der Waals surface area contributed by atoms with Gasteiger partial charge in [0.15, 0.2) is 0 Å². The topological polar surface area (TPSA) is 54.4 Å². The average Bonchev–Trinajstić information content (AvgIpc) is 2.66. The maximum atomic E-state index is 6.11. The first-order valence-corrected chi connectivity index (χ1v) is 9.01. The van der Waals surface area contributed by atoms with Crippen molar-refractivity contribution in [2.75, 3.05) is 32.1 Å². The first kappa shape index (κ1) is 19.8. The zero-order valence-corrected chi connectivity index (χ0v) is 16.0. The van der Waals surface area contributed by atoms with Crippen LogP contribution in [0.15, 0.2) is 49.4 Å². The summed E-state index contributed by atoms with van der Waals surface area (Å²) in [7, 11) is 4.09. The molecule has 0 aliphatic heterocycles. The summed E-state index contributed by atoms with van der Waals surface area (Å²) >= 11 is 0. The van der Waals surface area contributed by atoms with Crippen LogP contribution in [0, 0.1) is 0 Å². The van der Waals surface area contributed by atoms with Gasteiger partial charge in [-0.05, 0) is 44.5 Å². The van der Waals surface area contributed by atoms with Crippen LogP contribution >= 0.6 is 0 Å². The van der Waals surface area contributed by atoms with Gasteiger partial charge in [0, 0.05) is 45.3 Å². The Morgan fingerprint density at radius 1 is 1.27 bits per heavy atom. The summed E-state index contributed by atoms with van der Waals surface area (Å²) in [6, 6.07) is 6.35. The second-order valence-electron chi connectivity index (χ2n) is 6.38. The third kappa shape index (κ3) is 6.44. The van der Waals surface area contributed by atoms with Gasteiger partial charge in [0.1, 0.15) is 11.9 Å². The number of nitrogens with zero attached hydrogens (tertiary/aromatic N) is 5. The molecule has 0 radical (unpaired) electrons. The molecule has 0 spiro atoms. The Labute approximate surface area is 156 Å². The van der Waals surface area contributed by atoms with E-state index in [2.05, 4.69) is 51.4 Å². The highest BCUT2D eigenvalue weighted by molar-refractivity contribution is 5.36. The molecule has 0 N–H and O–H groups in total. The summed E-state index contributed by atoms with van der Waals surface area (Å²) in [5, 5.41) is 0. The molecule has 0 bridgehead atoms. The van der Waals surface area contributed by atoms with Crippen molar-refractivity contribution in [1.29, 1.82) is 0 Å². The lowest BCUT2D eigenvalue weighted by atomic mass is 10.1. The third-order valence-corrected chi connectivity index (χ3v) is 4.14. The zero-order valence-electron chi connectivity index (χ0n) is 16.0. The highest BCUT2D eigenvalue weighted by Gasteiger charge is 2.15. The van der Waals surface area contributed by atoms with Crippen molar-refractivity contribution in [3.63, 3.8) is 0 Å². The number of anilines is 1. The van der Waals surface area contributed by atoms with E-state index in [0.29, 0.717) is 6.01 Å². The molecule has 0 fully saturated rings. The zero-order chi connectivity index (χ0) is 18.8. The second-order valence-corrected chi connectivity index (χ2v) is 6.38. The molecule has 0 unspecified atom stereocenters. The van der Waals surface area contributed by atoms with Crippen LogP contribution in [0.3, 0.4) is 0 Å². The number of allylic oxidation sites excluding steroid dienone is 1. The van der Waals surface area contributed by atoms with Crippen LogP contribution < -0.4 is 9.64 Å². The smallest absolute Gasteiger partial charge is 0.318 e. The summed E-state index contributed by atoms with van der Waals surface area (Å²) in [5.41, 5.74) is 1.18. The van der Waals surface area contributed by atoms with Gasteiger partial charge >= 0.3 is 6.01 Å². The maximum absolute atomic E-state index is 6.11. The monoisotopic (exact) mass is 355 g/mol. The molecule has 6 nitrogen and oxygen atoms in total. The van der Waals surface area contributed by atoms with Crippen molar-refractivity contribution in [3.05, 3.63) is 55.0 Å². The van der Waals surface area contributed by atoms with E-state index in [9.17, 15) is 0 Å². The first-order valence-electron chi connectivity index (χ1n) is 9.01. The molecule has 0 aliphatic carbocycles. The van der Waals surface area contributed by atoms with Crippen molar-refractivity contribution < 1.29 is 4.74 Å². The van der Waals surface area contributed by atoms with Crippen LogP contribution in [-0.4, -0.2) is 53.1 Å². The molecule has 6 heteroatoms. The fourth-order valence-electron chi connectivity index (χ4n) is 2.62. The fourth-order valence-corrected chi connectivity index (χ4v) is 2.62. The van der Waals surface area contributed by atoms with E-state index in [-0.39, 0.29) is 6.10 Å². The third-order valence-electron chi connectivity index (χ3n) is 4.14. The van der Waals surface area contributed by atoms with Gasteiger partial charge in [-0.25, -0.2) is 4.98 Å². The quantitative estimate of drug-likeness (QED) is 0.577. The summed E-state index contributed by atoms with van der Waals surface area (Å²) in [6.07, 6.45) is 9.10. The van der Waals surface area contributed by atoms with E-state index >= 15 is 0 Å². The summed E-state index contributed by atoms with van der Waals surface area (Å²) in [6.45, 7) is 8.38. The molecule has 140 valence electrons. The van der Waals surface area contributed by atoms with Crippen LogP contribution in [0.2, 0.25) is 0 Å². The minimum Gasteiger partial charge on any atom is -0.459 e. The Morgan fingerprint density at radius 2 is 2.12 bits per heavy atom. The molecule has 2 heterocycles. The van der Waals surface area contributed by atoms with Gasteiger partial charge in [0.25, 0.3) is 0 Å². The molecule has 1 atom stereocenters. The maximum Gasteiger partial charge on any atom is 0.318 e. The van der Waals surface area contributed by atoms with Crippen molar-refractivity contribution >= 4 is 5.82 Å². The summed E-state index contributed by atoms with van der Waals surface area (Å²) in [5.74, 6) is 0.865. The lowest BCUT2D eigenvalue weighted by Crippen LogP contribution is -2.33. The van der Waals surface area contributed by atoms with E-state index in [4.69, 9.17) is 4.74 Å². The van der Waals surface area contributed by atoms with Gasteiger partial charge in [0.05, 0.1) is 0 Å². The highest BCUT2D eigenvalue weighted by atomic mass is 16.5. The number of likely N-dealkylation sites (N-methyl/N-ethyl adjacent to an activating group) is 1. The Bertz CT molecular complexity index is 664. The lowest BCUT2D eigenvalue weighted by Gasteiger charge is -2.24. The van der Waals surface area contributed by atoms with Crippen molar-refractivity contribution in [1.82, 2.24) is 19.9 Å².